The molecule has 0 saturated carbocycles. The molecule has 0 atom stereocenters. The second-order valence-corrected chi connectivity index (χ2v) is 5.43. The second-order valence-electron chi connectivity index (χ2n) is 5.43. The summed E-state index contributed by atoms with van der Waals surface area (Å²) in [5.74, 6) is 7.32. The molecule has 0 N–H and O–H groups in total. The van der Waals surface area contributed by atoms with E-state index in [0.29, 0.717) is 0 Å². The lowest BCUT2D eigenvalue weighted by molar-refractivity contribution is 0.317. The summed E-state index contributed by atoms with van der Waals surface area (Å²) < 4.78 is 5.57. The van der Waals surface area contributed by atoms with E-state index in [0.717, 1.165) is 42.7 Å². The standard InChI is InChI=1S/C22H24O/c1-3-5-6-7-19-8-10-20(11-9-19)12-13-21-14-16-22(17-15-21)23-18-4-2/h3,5,8-11,14-17H,4,6-7,18H2,1-2H3. The van der Waals surface area contributed by atoms with Gasteiger partial charge in [-0.15, -0.1) is 0 Å². The van der Waals surface area contributed by atoms with E-state index in [2.05, 4.69) is 62.1 Å². The molecule has 2 aromatic carbocycles. The van der Waals surface area contributed by atoms with Crippen molar-refractivity contribution < 1.29 is 4.74 Å². The summed E-state index contributed by atoms with van der Waals surface area (Å²) in [6.45, 7) is 4.91. The first kappa shape index (κ1) is 16.9. The van der Waals surface area contributed by atoms with Crippen molar-refractivity contribution in [1.29, 1.82) is 0 Å². The fraction of sp³-hybridized carbons (Fsp3) is 0.273. The molecule has 0 aromatic heterocycles. The average molecular weight is 304 g/mol. The summed E-state index contributed by atoms with van der Waals surface area (Å²) in [5, 5.41) is 0. The Balaban J connectivity index is 1.95. The fourth-order valence-electron chi connectivity index (χ4n) is 2.17. The quantitative estimate of drug-likeness (QED) is 0.514. The third-order valence-electron chi connectivity index (χ3n) is 3.47. The Bertz CT molecular complexity index is 667. The molecule has 2 rings (SSSR count). The SMILES string of the molecule is CC=CCCc1ccc(C#Cc2ccc(OCCC)cc2)cc1. The van der Waals surface area contributed by atoms with Crippen LogP contribution in [0.1, 0.15) is 43.4 Å². The predicted octanol–water partition coefficient (Wildman–Crippen LogP) is 5.38. The number of aryl methyl sites for hydroxylation is 1. The molecule has 0 spiro atoms. The van der Waals surface area contributed by atoms with E-state index < -0.39 is 0 Å². The van der Waals surface area contributed by atoms with Crippen LogP contribution in [-0.4, -0.2) is 6.61 Å². The van der Waals surface area contributed by atoms with E-state index in [1.165, 1.54) is 5.56 Å². The predicted molar refractivity (Wildman–Crippen MR) is 97.8 cm³/mol. The number of benzene rings is 2. The van der Waals surface area contributed by atoms with Gasteiger partial charge >= 0.3 is 0 Å². The number of hydrogen-bond acceptors (Lipinski definition) is 1. The summed E-state index contributed by atoms with van der Waals surface area (Å²) in [6, 6.07) is 16.5. The first-order chi connectivity index (χ1) is 11.3. The van der Waals surface area contributed by atoms with Gasteiger partial charge in [-0.05, 0) is 68.1 Å². The number of hydrogen-bond donors (Lipinski definition) is 0. The van der Waals surface area contributed by atoms with Gasteiger partial charge in [0.05, 0.1) is 6.61 Å². The Morgan fingerprint density at radius 3 is 2.09 bits per heavy atom. The average Bonchev–Trinajstić information content (AvgIpc) is 2.60. The van der Waals surface area contributed by atoms with Crippen LogP contribution in [-0.2, 0) is 6.42 Å². The maximum absolute atomic E-state index is 5.57. The zero-order valence-corrected chi connectivity index (χ0v) is 14.0. The zero-order valence-electron chi connectivity index (χ0n) is 14.0. The largest absolute Gasteiger partial charge is 0.494 e. The molecule has 0 aliphatic heterocycles. The highest BCUT2D eigenvalue weighted by Gasteiger charge is 1.94. The van der Waals surface area contributed by atoms with Crippen LogP contribution in [0.3, 0.4) is 0 Å². The normalized spacial score (nSPS) is 10.3. The van der Waals surface area contributed by atoms with Gasteiger partial charge in [-0.25, -0.2) is 0 Å². The number of rotatable bonds is 6. The summed E-state index contributed by atoms with van der Waals surface area (Å²) >= 11 is 0. The van der Waals surface area contributed by atoms with Gasteiger partial charge in [0.25, 0.3) is 0 Å². The Kier molecular flexibility index (Phi) is 7.01. The molecule has 118 valence electrons. The first-order valence-electron chi connectivity index (χ1n) is 8.27. The summed E-state index contributed by atoms with van der Waals surface area (Å²) in [7, 11) is 0. The second kappa shape index (κ2) is 9.54. The van der Waals surface area contributed by atoms with Crippen molar-refractivity contribution in [2.75, 3.05) is 6.61 Å². The van der Waals surface area contributed by atoms with Crippen molar-refractivity contribution in [1.82, 2.24) is 0 Å². The minimum atomic E-state index is 0.755. The van der Waals surface area contributed by atoms with Crippen LogP contribution >= 0.6 is 0 Å². The minimum absolute atomic E-state index is 0.755. The third-order valence-corrected chi connectivity index (χ3v) is 3.47. The molecular formula is C22H24O. The maximum atomic E-state index is 5.57. The van der Waals surface area contributed by atoms with Gasteiger partial charge in [0.15, 0.2) is 0 Å². The van der Waals surface area contributed by atoms with Crippen LogP contribution in [0.25, 0.3) is 0 Å². The molecule has 0 fully saturated rings. The van der Waals surface area contributed by atoms with Crippen LogP contribution < -0.4 is 4.74 Å². The Morgan fingerprint density at radius 1 is 0.913 bits per heavy atom. The molecule has 0 unspecified atom stereocenters. The first-order valence-corrected chi connectivity index (χ1v) is 8.27. The molecule has 0 radical (unpaired) electrons. The molecule has 2 aromatic rings. The Morgan fingerprint density at radius 2 is 1.52 bits per heavy atom. The third kappa shape index (κ3) is 6.04. The molecule has 0 aliphatic rings. The fourth-order valence-corrected chi connectivity index (χ4v) is 2.17. The topological polar surface area (TPSA) is 9.23 Å². The lowest BCUT2D eigenvalue weighted by atomic mass is 10.1. The molecule has 0 aliphatic carbocycles. The summed E-state index contributed by atoms with van der Waals surface area (Å²) in [4.78, 5) is 0. The van der Waals surface area contributed by atoms with E-state index in [1.807, 2.05) is 24.3 Å². The molecule has 0 saturated heterocycles. The molecule has 0 bridgehead atoms. The number of ether oxygens (including phenoxy) is 1. The molecule has 1 nitrogen and oxygen atoms in total. The smallest absolute Gasteiger partial charge is 0.119 e. The number of allylic oxidation sites excluding steroid dienone is 2. The van der Waals surface area contributed by atoms with Crippen molar-refractivity contribution in [2.24, 2.45) is 0 Å². The van der Waals surface area contributed by atoms with Crippen molar-refractivity contribution in [3.8, 4) is 17.6 Å². The van der Waals surface area contributed by atoms with Gasteiger partial charge in [0, 0.05) is 11.1 Å². The van der Waals surface area contributed by atoms with E-state index in [1.54, 1.807) is 0 Å². The molecule has 0 heterocycles. The Hall–Kier alpha value is -2.46. The van der Waals surface area contributed by atoms with Crippen molar-refractivity contribution in [3.63, 3.8) is 0 Å². The molecule has 0 amide bonds. The van der Waals surface area contributed by atoms with Gasteiger partial charge in [-0.2, -0.15) is 0 Å². The van der Waals surface area contributed by atoms with E-state index >= 15 is 0 Å². The molecule has 23 heavy (non-hydrogen) atoms. The van der Waals surface area contributed by atoms with Crippen LogP contribution in [0.4, 0.5) is 0 Å². The van der Waals surface area contributed by atoms with Gasteiger partial charge in [-0.3, -0.25) is 0 Å². The van der Waals surface area contributed by atoms with E-state index in [4.69, 9.17) is 4.74 Å². The highest BCUT2D eigenvalue weighted by Crippen LogP contribution is 2.12. The van der Waals surface area contributed by atoms with Crippen molar-refractivity contribution in [3.05, 3.63) is 77.4 Å². The van der Waals surface area contributed by atoms with E-state index in [9.17, 15) is 0 Å². The lowest BCUT2D eigenvalue weighted by Crippen LogP contribution is -1.94. The van der Waals surface area contributed by atoms with Gasteiger partial charge in [0.1, 0.15) is 5.75 Å². The molecular weight excluding hydrogens is 280 g/mol. The van der Waals surface area contributed by atoms with Crippen LogP contribution in [0.5, 0.6) is 5.75 Å². The highest BCUT2D eigenvalue weighted by atomic mass is 16.5. The zero-order chi connectivity index (χ0) is 16.3. The van der Waals surface area contributed by atoms with Gasteiger partial charge < -0.3 is 4.74 Å². The highest BCUT2D eigenvalue weighted by molar-refractivity contribution is 5.44. The van der Waals surface area contributed by atoms with Crippen molar-refractivity contribution >= 4 is 0 Å². The summed E-state index contributed by atoms with van der Waals surface area (Å²) in [6.07, 6.45) is 7.48. The monoisotopic (exact) mass is 304 g/mol. The van der Waals surface area contributed by atoms with Crippen LogP contribution in [0.2, 0.25) is 0 Å². The van der Waals surface area contributed by atoms with Gasteiger partial charge in [0.2, 0.25) is 0 Å². The molecule has 1 heteroatoms. The van der Waals surface area contributed by atoms with Crippen molar-refractivity contribution in [2.45, 2.75) is 33.1 Å². The van der Waals surface area contributed by atoms with Crippen LogP contribution in [0, 0.1) is 11.8 Å². The maximum Gasteiger partial charge on any atom is 0.119 e. The minimum Gasteiger partial charge on any atom is -0.494 e. The van der Waals surface area contributed by atoms with Gasteiger partial charge in [-0.1, -0.05) is 43.0 Å². The lowest BCUT2D eigenvalue weighted by Gasteiger charge is -2.03. The summed E-state index contributed by atoms with van der Waals surface area (Å²) in [5.41, 5.74) is 3.41. The van der Waals surface area contributed by atoms with Crippen LogP contribution in [0.15, 0.2) is 60.7 Å². The van der Waals surface area contributed by atoms with E-state index in [-0.39, 0.29) is 0 Å². The Labute approximate surface area is 140 Å².